The van der Waals surface area contributed by atoms with E-state index < -0.39 is 11.9 Å². The molecule has 0 saturated carbocycles. The second-order valence-corrected chi connectivity index (χ2v) is 3.52. The standard InChI is InChI=1S/C11H11N3O4/c1-17-18-8-4-2-3-6-7(10(12)15)5-14(9(6)8)11(13)16/h2-5H,1H3,(H2,12,15)(H2,13,16). The maximum absolute atomic E-state index is 11.3. The lowest BCUT2D eigenvalue weighted by atomic mass is 10.1. The summed E-state index contributed by atoms with van der Waals surface area (Å²) in [6.45, 7) is 0. The van der Waals surface area contributed by atoms with Crippen LogP contribution in [-0.2, 0) is 4.89 Å². The van der Waals surface area contributed by atoms with E-state index in [1.54, 1.807) is 18.2 Å². The van der Waals surface area contributed by atoms with Crippen molar-refractivity contribution in [3.63, 3.8) is 0 Å². The molecule has 0 unspecified atom stereocenters. The molecule has 0 radical (unpaired) electrons. The molecule has 0 fully saturated rings. The lowest BCUT2D eigenvalue weighted by Crippen LogP contribution is -2.19. The molecule has 2 rings (SSSR count). The minimum atomic E-state index is -0.750. The van der Waals surface area contributed by atoms with Crippen LogP contribution in [0.5, 0.6) is 5.75 Å². The van der Waals surface area contributed by atoms with E-state index in [2.05, 4.69) is 4.89 Å². The van der Waals surface area contributed by atoms with Crippen LogP contribution in [0.2, 0.25) is 0 Å². The van der Waals surface area contributed by atoms with Crippen molar-refractivity contribution < 1.29 is 19.4 Å². The Balaban J connectivity index is 2.82. The summed E-state index contributed by atoms with van der Waals surface area (Å²) in [5, 5.41) is 0.468. The highest BCUT2D eigenvalue weighted by molar-refractivity contribution is 6.10. The molecule has 1 aromatic heterocycles. The number of nitrogens with zero attached hydrogens (tertiary/aromatic N) is 1. The first-order chi connectivity index (χ1) is 8.56. The molecule has 4 N–H and O–H groups in total. The second kappa shape index (κ2) is 4.38. The van der Waals surface area contributed by atoms with Gasteiger partial charge in [-0.25, -0.2) is 4.79 Å². The number of aromatic nitrogens is 1. The zero-order valence-electron chi connectivity index (χ0n) is 9.54. The largest absolute Gasteiger partial charge is 0.366 e. The third kappa shape index (κ3) is 1.76. The number of fused-ring (bicyclic) bond motifs is 1. The number of primary amides is 2. The number of hydrogen-bond acceptors (Lipinski definition) is 4. The van der Waals surface area contributed by atoms with E-state index in [0.29, 0.717) is 10.9 Å². The Hall–Kier alpha value is -2.54. The molecule has 94 valence electrons. The van der Waals surface area contributed by atoms with Crippen LogP contribution < -0.4 is 16.4 Å². The van der Waals surface area contributed by atoms with Crippen molar-refractivity contribution in [2.45, 2.75) is 0 Å². The quantitative estimate of drug-likeness (QED) is 0.613. The molecule has 2 aromatic rings. The molecule has 0 bridgehead atoms. The third-order valence-corrected chi connectivity index (χ3v) is 2.46. The minimum Gasteiger partial charge on any atom is -0.366 e. The van der Waals surface area contributed by atoms with Crippen LogP contribution in [-0.4, -0.2) is 23.6 Å². The third-order valence-electron chi connectivity index (χ3n) is 2.46. The SMILES string of the molecule is COOc1cccc2c(C(N)=O)cn(C(N)=O)c12. The Morgan fingerprint density at radius 3 is 2.56 bits per heavy atom. The summed E-state index contributed by atoms with van der Waals surface area (Å²) in [6, 6.07) is 4.11. The molecule has 0 aliphatic rings. The number of para-hydroxylation sites is 1. The molecule has 18 heavy (non-hydrogen) atoms. The van der Waals surface area contributed by atoms with Crippen molar-refractivity contribution >= 4 is 22.8 Å². The highest BCUT2D eigenvalue weighted by atomic mass is 17.2. The van der Waals surface area contributed by atoms with E-state index in [1.165, 1.54) is 13.3 Å². The van der Waals surface area contributed by atoms with Crippen LogP contribution in [0.4, 0.5) is 4.79 Å². The molecule has 0 aliphatic carbocycles. The van der Waals surface area contributed by atoms with Crippen LogP contribution in [0.25, 0.3) is 10.9 Å². The summed E-state index contributed by atoms with van der Waals surface area (Å²) >= 11 is 0. The number of nitrogens with two attached hydrogens (primary N) is 2. The van der Waals surface area contributed by atoms with Gasteiger partial charge in [-0.15, -0.1) is 0 Å². The van der Waals surface area contributed by atoms with Gasteiger partial charge in [-0.2, -0.15) is 4.89 Å². The number of rotatable bonds is 3. The molecule has 7 nitrogen and oxygen atoms in total. The highest BCUT2D eigenvalue weighted by Gasteiger charge is 2.18. The van der Waals surface area contributed by atoms with Crippen LogP contribution >= 0.6 is 0 Å². The Labute approximate surface area is 102 Å². The lowest BCUT2D eigenvalue weighted by molar-refractivity contribution is -0.177. The predicted molar refractivity (Wildman–Crippen MR) is 63.1 cm³/mol. The minimum absolute atomic E-state index is 0.186. The van der Waals surface area contributed by atoms with Gasteiger partial charge in [-0.1, -0.05) is 12.1 Å². The molecular formula is C11H11N3O4. The summed E-state index contributed by atoms with van der Waals surface area (Å²) in [6.07, 6.45) is 1.28. The molecule has 0 saturated heterocycles. The fourth-order valence-electron chi connectivity index (χ4n) is 1.78. The van der Waals surface area contributed by atoms with E-state index in [1.807, 2.05) is 0 Å². The summed E-state index contributed by atoms with van der Waals surface area (Å²) in [4.78, 5) is 32.1. The fraction of sp³-hybridized carbons (Fsp3) is 0.0909. The van der Waals surface area contributed by atoms with E-state index in [4.69, 9.17) is 16.4 Å². The lowest BCUT2D eigenvalue weighted by Gasteiger charge is -2.05. The zero-order chi connectivity index (χ0) is 13.3. The second-order valence-electron chi connectivity index (χ2n) is 3.52. The van der Waals surface area contributed by atoms with Gasteiger partial charge in [-0.3, -0.25) is 9.36 Å². The highest BCUT2D eigenvalue weighted by Crippen LogP contribution is 2.29. The first-order valence-corrected chi connectivity index (χ1v) is 5.00. The van der Waals surface area contributed by atoms with Gasteiger partial charge < -0.3 is 16.4 Å². The van der Waals surface area contributed by atoms with Gasteiger partial charge in [0.1, 0.15) is 5.52 Å². The van der Waals surface area contributed by atoms with Gasteiger partial charge in [0.05, 0.1) is 12.7 Å². The molecule has 1 aromatic carbocycles. The van der Waals surface area contributed by atoms with Gasteiger partial charge in [0.2, 0.25) is 0 Å². The van der Waals surface area contributed by atoms with Crippen molar-refractivity contribution in [1.29, 1.82) is 0 Å². The molecule has 0 atom stereocenters. The van der Waals surface area contributed by atoms with E-state index in [9.17, 15) is 9.59 Å². The van der Waals surface area contributed by atoms with Crippen LogP contribution in [0, 0.1) is 0 Å². The van der Waals surface area contributed by atoms with Gasteiger partial charge in [-0.05, 0) is 6.07 Å². The predicted octanol–water partition coefficient (Wildman–Crippen LogP) is 0.607. The Bertz CT molecular complexity index is 632. The maximum Gasteiger partial charge on any atom is 0.323 e. The monoisotopic (exact) mass is 249 g/mol. The van der Waals surface area contributed by atoms with Crippen molar-refractivity contribution in [3.05, 3.63) is 30.0 Å². The first kappa shape index (κ1) is 11.9. The number of amides is 2. The summed E-state index contributed by atoms with van der Waals surface area (Å²) in [7, 11) is 1.32. The first-order valence-electron chi connectivity index (χ1n) is 5.00. The number of hydrogen-bond donors (Lipinski definition) is 2. The van der Waals surface area contributed by atoms with E-state index >= 15 is 0 Å². The maximum atomic E-state index is 11.3. The molecule has 2 amide bonds. The van der Waals surface area contributed by atoms with E-state index in [0.717, 1.165) is 4.57 Å². The van der Waals surface area contributed by atoms with Crippen molar-refractivity contribution in [2.75, 3.05) is 7.11 Å². The molecule has 7 heteroatoms. The average molecular weight is 249 g/mol. The average Bonchev–Trinajstić information content (AvgIpc) is 2.70. The molecule has 1 heterocycles. The van der Waals surface area contributed by atoms with E-state index in [-0.39, 0.29) is 11.3 Å². The van der Waals surface area contributed by atoms with Gasteiger partial charge in [0.25, 0.3) is 5.91 Å². The summed E-state index contributed by atoms with van der Waals surface area (Å²) in [5.41, 5.74) is 11.0. The normalized spacial score (nSPS) is 10.5. The Morgan fingerprint density at radius 1 is 1.28 bits per heavy atom. The number of carbonyl (C=O) groups is 2. The summed E-state index contributed by atoms with van der Waals surface area (Å²) in [5.74, 6) is -0.393. The molecular weight excluding hydrogens is 238 g/mol. The van der Waals surface area contributed by atoms with Gasteiger partial charge >= 0.3 is 6.03 Å². The van der Waals surface area contributed by atoms with Crippen LogP contribution in [0.3, 0.4) is 0 Å². The van der Waals surface area contributed by atoms with Crippen molar-refractivity contribution in [2.24, 2.45) is 11.5 Å². The van der Waals surface area contributed by atoms with Gasteiger partial charge in [0, 0.05) is 11.6 Å². The van der Waals surface area contributed by atoms with Gasteiger partial charge in [0.15, 0.2) is 5.75 Å². The zero-order valence-corrected chi connectivity index (χ0v) is 9.54. The smallest absolute Gasteiger partial charge is 0.323 e. The van der Waals surface area contributed by atoms with Crippen molar-refractivity contribution in [3.8, 4) is 5.75 Å². The number of benzene rings is 1. The Kier molecular flexibility index (Phi) is 2.90. The fourth-order valence-corrected chi connectivity index (χ4v) is 1.78. The number of carbonyl (C=O) groups excluding carboxylic acids is 2. The van der Waals surface area contributed by atoms with Crippen LogP contribution in [0.1, 0.15) is 10.4 Å². The van der Waals surface area contributed by atoms with Crippen LogP contribution in [0.15, 0.2) is 24.4 Å². The topological polar surface area (TPSA) is 110 Å². The summed E-state index contributed by atoms with van der Waals surface area (Å²) < 4.78 is 1.09. The Morgan fingerprint density at radius 2 is 2.00 bits per heavy atom. The van der Waals surface area contributed by atoms with Crippen molar-refractivity contribution in [1.82, 2.24) is 4.57 Å². The molecule has 0 spiro atoms. The molecule has 0 aliphatic heterocycles.